The van der Waals surface area contributed by atoms with Gasteiger partial charge < -0.3 is 0 Å². The topological polar surface area (TPSA) is 49.3 Å². The molecule has 2 heterocycles. The van der Waals surface area contributed by atoms with Gasteiger partial charge in [0.05, 0.1) is 6.54 Å². The van der Waals surface area contributed by atoms with Crippen LogP contribution in [0.4, 0.5) is 5.82 Å². The molecule has 0 radical (unpaired) electrons. The van der Waals surface area contributed by atoms with Crippen molar-refractivity contribution in [2.45, 2.75) is 25.7 Å². The molecule has 1 amide bonds. The number of rotatable bonds is 3. The summed E-state index contributed by atoms with van der Waals surface area (Å²) in [6.07, 6.45) is 5.33. The van der Waals surface area contributed by atoms with Gasteiger partial charge in [0.1, 0.15) is 0 Å². The van der Waals surface area contributed by atoms with Crippen LogP contribution < -0.4 is 4.90 Å². The summed E-state index contributed by atoms with van der Waals surface area (Å²) < 4.78 is 0. The normalized spacial score (nSPS) is 21.6. The second kappa shape index (κ2) is 6.06. The lowest BCUT2D eigenvalue weighted by atomic mass is 10.1. The molecule has 0 unspecified atom stereocenters. The SMILES string of the molecule is O=C1CN(CC2CCCC2)CCN1c1ccc(Cl)nn1. The molecule has 3 rings (SSSR count). The van der Waals surface area contributed by atoms with Crippen LogP contribution in [0.3, 0.4) is 0 Å². The number of hydrogen-bond acceptors (Lipinski definition) is 4. The van der Waals surface area contributed by atoms with Crippen molar-refractivity contribution in [1.29, 1.82) is 0 Å². The van der Waals surface area contributed by atoms with Crippen molar-refractivity contribution in [1.82, 2.24) is 15.1 Å². The summed E-state index contributed by atoms with van der Waals surface area (Å²) >= 11 is 5.72. The largest absolute Gasteiger partial charge is 0.293 e. The average Bonchev–Trinajstić information content (AvgIpc) is 2.93. The number of carbonyl (C=O) groups excluding carboxylic acids is 1. The predicted molar refractivity (Wildman–Crippen MR) is 77.8 cm³/mol. The quantitative estimate of drug-likeness (QED) is 0.855. The number of halogens is 1. The van der Waals surface area contributed by atoms with E-state index < -0.39 is 0 Å². The van der Waals surface area contributed by atoms with Gasteiger partial charge in [-0.2, -0.15) is 0 Å². The van der Waals surface area contributed by atoms with Crippen LogP contribution in [0.5, 0.6) is 0 Å². The van der Waals surface area contributed by atoms with Crippen molar-refractivity contribution in [2.24, 2.45) is 5.92 Å². The van der Waals surface area contributed by atoms with Crippen molar-refractivity contribution >= 4 is 23.3 Å². The number of hydrogen-bond donors (Lipinski definition) is 0. The molecule has 2 aliphatic rings. The summed E-state index contributed by atoms with van der Waals surface area (Å²) in [5, 5.41) is 8.13. The Morgan fingerprint density at radius 2 is 2.00 bits per heavy atom. The molecule has 5 nitrogen and oxygen atoms in total. The van der Waals surface area contributed by atoms with Gasteiger partial charge in [-0.1, -0.05) is 24.4 Å². The van der Waals surface area contributed by atoms with Crippen LogP contribution in [-0.4, -0.2) is 47.2 Å². The van der Waals surface area contributed by atoms with Crippen molar-refractivity contribution < 1.29 is 4.79 Å². The molecule has 1 saturated carbocycles. The van der Waals surface area contributed by atoms with E-state index >= 15 is 0 Å². The monoisotopic (exact) mass is 294 g/mol. The second-order valence-electron chi connectivity index (χ2n) is 5.65. The molecule has 1 aromatic rings. The maximum Gasteiger partial charge on any atom is 0.242 e. The number of anilines is 1. The molecule has 6 heteroatoms. The summed E-state index contributed by atoms with van der Waals surface area (Å²) in [5.74, 6) is 1.48. The Labute approximate surface area is 123 Å². The molecule has 0 atom stereocenters. The van der Waals surface area contributed by atoms with Gasteiger partial charge >= 0.3 is 0 Å². The smallest absolute Gasteiger partial charge is 0.242 e. The predicted octanol–water partition coefficient (Wildman–Crippen LogP) is 1.97. The average molecular weight is 295 g/mol. The Morgan fingerprint density at radius 3 is 2.65 bits per heavy atom. The fourth-order valence-electron chi connectivity index (χ4n) is 3.13. The molecular weight excluding hydrogens is 276 g/mol. The molecule has 0 N–H and O–H groups in total. The van der Waals surface area contributed by atoms with Crippen LogP contribution in [0.2, 0.25) is 5.15 Å². The molecule has 108 valence electrons. The highest BCUT2D eigenvalue weighted by atomic mass is 35.5. The Kier molecular flexibility index (Phi) is 4.17. The zero-order chi connectivity index (χ0) is 13.9. The molecular formula is C14H19ClN4O. The third-order valence-corrected chi connectivity index (χ3v) is 4.39. The zero-order valence-corrected chi connectivity index (χ0v) is 12.2. The Morgan fingerprint density at radius 1 is 1.20 bits per heavy atom. The van der Waals surface area contributed by atoms with Crippen molar-refractivity contribution in [3.05, 3.63) is 17.3 Å². The van der Waals surface area contributed by atoms with Crippen LogP contribution in [-0.2, 0) is 4.79 Å². The summed E-state index contributed by atoms with van der Waals surface area (Å²) in [4.78, 5) is 16.2. The first-order chi connectivity index (χ1) is 9.72. The van der Waals surface area contributed by atoms with Gasteiger partial charge in [0.2, 0.25) is 5.91 Å². The first-order valence-electron chi connectivity index (χ1n) is 7.24. The lowest BCUT2D eigenvalue weighted by Gasteiger charge is -2.34. The number of nitrogens with zero attached hydrogens (tertiary/aromatic N) is 4. The molecule has 2 fully saturated rings. The molecule has 1 aliphatic carbocycles. The third kappa shape index (κ3) is 3.10. The number of amides is 1. The van der Waals surface area contributed by atoms with Gasteiger partial charge in [-0.3, -0.25) is 14.6 Å². The number of aromatic nitrogens is 2. The summed E-state index contributed by atoms with van der Waals surface area (Å²) in [6.45, 7) is 3.14. The maximum atomic E-state index is 12.2. The van der Waals surface area contributed by atoms with E-state index in [-0.39, 0.29) is 5.91 Å². The standard InChI is InChI=1S/C14H19ClN4O/c15-12-5-6-13(17-16-12)19-8-7-18(10-14(19)20)9-11-3-1-2-4-11/h5-6,11H,1-4,7-10H2. The number of carbonyl (C=O) groups is 1. The van der Waals surface area contributed by atoms with Crippen LogP contribution in [0.25, 0.3) is 0 Å². The first-order valence-corrected chi connectivity index (χ1v) is 7.62. The fraction of sp³-hybridized carbons (Fsp3) is 0.643. The van der Waals surface area contributed by atoms with E-state index in [1.807, 2.05) is 0 Å². The highest BCUT2D eigenvalue weighted by Crippen LogP contribution is 2.26. The molecule has 0 bridgehead atoms. The fourth-order valence-corrected chi connectivity index (χ4v) is 3.23. The van der Waals surface area contributed by atoms with Crippen LogP contribution >= 0.6 is 11.6 Å². The van der Waals surface area contributed by atoms with E-state index in [1.165, 1.54) is 25.7 Å². The minimum atomic E-state index is 0.103. The van der Waals surface area contributed by atoms with Gasteiger partial charge in [0.15, 0.2) is 11.0 Å². The lowest BCUT2D eigenvalue weighted by molar-refractivity contribution is -0.121. The van der Waals surface area contributed by atoms with E-state index in [0.29, 0.717) is 24.1 Å². The maximum absolute atomic E-state index is 12.2. The third-order valence-electron chi connectivity index (χ3n) is 4.19. The first kappa shape index (κ1) is 13.8. The summed E-state index contributed by atoms with van der Waals surface area (Å²) in [7, 11) is 0. The van der Waals surface area contributed by atoms with E-state index in [2.05, 4.69) is 15.1 Å². The van der Waals surface area contributed by atoms with Gasteiger partial charge in [0.25, 0.3) is 0 Å². The summed E-state index contributed by atoms with van der Waals surface area (Å²) in [5.41, 5.74) is 0. The Hall–Kier alpha value is -1.20. The minimum absolute atomic E-state index is 0.103. The molecule has 0 aromatic carbocycles. The van der Waals surface area contributed by atoms with E-state index in [9.17, 15) is 4.79 Å². The van der Waals surface area contributed by atoms with E-state index in [4.69, 9.17) is 11.6 Å². The van der Waals surface area contributed by atoms with E-state index in [0.717, 1.165) is 19.0 Å². The van der Waals surface area contributed by atoms with Gasteiger partial charge in [0, 0.05) is 19.6 Å². The molecule has 20 heavy (non-hydrogen) atoms. The highest BCUT2D eigenvalue weighted by molar-refractivity contribution is 6.29. The molecule has 1 aromatic heterocycles. The van der Waals surface area contributed by atoms with Gasteiger partial charge in [-0.15, -0.1) is 10.2 Å². The summed E-state index contributed by atoms with van der Waals surface area (Å²) in [6, 6.07) is 3.42. The Bertz CT molecular complexity index is 473. The van der Waals surface area contributed by atoms with Crippen LogP contribution in [0.1, 0.15) is 25.7 Å². The van der Waals surface area contributed by atoms with Crippen LogP contribution in [0.15, 0.2) is 12.1 Å². The zero-order valence-electron chi connectivity index (χ0n) is 11.5. The van der Waals surface area contributed by atoms with Crippen molar-refractivity contribution in [2.75, 3.05) is 31.1 Å². The van der Waals surface area contributed by atoms with Gasteiger partial charge in [-0.25, -0.2) is 0 Å². The Balaban J connectivity index is 1.59. The van der Waals surface area contributed by atoms with Crippen molar-refractivity contribution in [3.63, 3.8) is 0 Å². The number of piperazine rings is 1. The minimum Gasteiger partial charge on any atom is -0.293 e. The molecule has 1 saturated heterocycles. The molecule has 0 spiro atoms. The van der Waals surface area contributed by atoms with Crippen molar-refractivity contribution in [3.8, 4) is 0 Å². The van der Waals surface area contributed by atoms with Crippen LogP contribution in [0, 0.1) is 5.92 Å². The van der Waals surface area contributed by atoms with Gasteiger partial charge in [-0.05, 0) is 30.9 Å². The highest BCUT2D eigenvalue weighted by Gasteiger charge is 2.28. The van der Waals surface area contributed by atoms with E-state index in [1.54, 1.807) is 17.0 Å². The molecule has 1 aliphatic heterocycles. The second-order valence-corrected chi connectivity index (χ2v) is 6.03. The lowest BCUT2D eigenvalue weighted by Crippen LogP contribution is -2.51.